The number of pyridine rings is 1. The lowest BCUT2D eigenvalue weighted by Crippen LogP contribution is -2.11. The molecule has 0 N–H and O–H groups in total. The molecule has 3 aromatic heterocycles. The minimum absolute atomic E-state index is 0.825. The van der Waals surface area contributed by atoms with Crippen LogP contribution in [0, 0.1) is 0 Å². The highest BCUT2D eigenvalue weighted by Gasteiger charge is 2.24. The second kappa shape index (κ2) is 5.05. The molecule has 0 atom stereocenters. The van der Waals surface area contributed by atoms with E-state index in [0.717, 1.165) is 52.1 Å². The first-order valence-corrected chi connectivity index (χ1v) is 8.83. The molecule has 6 rings (SSSR count). The Morgan fingerprint density at radius 1 is 0.885 bits per heavy atom. The van der Waals surface area contributed by atoms with Gasteiger partial charge in [0, 0.05) is 23.6 Å². The molecular formula is C22H15N3O. The van der Waals surface area contributed by atoms with Crippen LogP contribution in [0.15, 0.2) is 71.3 Å². The third-order valence-corrected chi connectivity index (χ3v) is 5.16. The number of benzene rings is 2. The van der Waals surface area contributed by atoms with Gasteiger partial charge in [0.1, 0.15) is 16.9 Å². The van der Waals surface area contributed by atoms with Crippen LogP contribution in [0.3, 0.4) is 0 Å². The van der Waals surface area contributed by atoms with Crippen molar-refractivity contribution < 1.29 is 4.42 Å². The molecule has 0 radical (unpaired) electrons. The average Bonchev–Trinajstić information content (AvgIpc) is 3.24. The number of hydrogen-bond donors (Lipinski definition) is 0. The summed E-state index contributed by atoms with van der Waals surface area (Å²) in [7, 11) is 0. The average molecular weight is 337 g/mol. The second-order valence-corrected chi connectivity index (χ2v) is 6.65. The molecule has 0 aliphatic carbocycles. The van der Waals surface area contributed by atoms with Gasteiger partial charge >= 0.3 is 0 Å². The van der Waals surface area contributed by atoms with E-state index < -0.39 is 0 Å². The summed E-state index contributed by atoms with van der Waals surface area (Å²) < 4.78 is 8.57. The monoisotopic (exact) mass is 337 g/mol. The molecule has 4 heteroatoms. The predicted octanol–water partition coefficient (Wildman–Crippen LogP) is 4.93. The summed E-state index contributed by atoms with van der Waals surface area (Å²) in [6, 6.07) is 20.6. The van der Waals surface area contributed by atoms with E-state index in [0.29, 0.717) is 0 Å². The summed E-state index contributed by atoms with van der Waals surface area (Å²) in [5, 5.41) is 1.04. The van der Waals surface area contributed by atoms with Crippen LogP contribution in [0.5, 0.6) is 0 Å². The Morgan fingerprint density at radius 2 is 1.81 bits per heavy atom. The number of imidazole rings is 1. The van der Waals surface area contributed by atoms with Crippen LogP contribution >= 0.6 is 0 Å². The Kier molecular flexibility index (Phi) is 2.69. The van der Waals surface area contributed by atoms with E-state index in [1.807, 2.05) is 30.5 Å². The van der Waals surface area contributed by atoms with Crippen molar-refractivity contribution in [2.75, 3.05) is 0 Å². The number of fused-ring (bicyclic) bond motifs is 7. The highest BCUT2D eigenvalue weighted by Crippen LogP contribution is 2.38. The van der Waals surface area contributed by atoms with Gasteiger partial charge in [-0.3, -0.25) is 9.55 Å². The third kappa shape index (κ3) is 1.78. The van der Waals surface area contributed by atoms with Crippen molar-refractivity contribution >= 4 is 22.2 Å². The van der Waals surface area contributed by atoms with Crippen molar-refractivity contribution in [3.05, 3.63) is 78.2 Å². The molecule has 4 nitrogen and oxygen atoms in total. The first kappa shape index (κ1) is 13.8. The van der Waals surface area contributed by atoms with Crippen LogP contribution in [0.25, 0.3) is 39.1 Å². The molecule has 1 aliphatic rings. The number of aryl methyl sites for hydroxylation is 2. The van der Waals surface area contributed by atoms with Gasteiger partial charge in [-0.2, -0.15) is 0 Å². The van der Waals surface area contributed by atoms with Gasteiger partial charge < -0.3 is 4.42 Å². The second-order valence-electron chi connectivity index (χ2n) is 6.65. The maximum absolute atomic E-state index is 6.39. The predicted molar refractivity (Wildman–Crippen MR) is 101 cm³/mol. The van der Waals surface area contributed by atoms with E-state index in [2.05, 4.69) is 45.9 Å². The fourth-order valence-corrected chi connectivity index (χ4v) is 3.98. The first-order valence-electron chi connectivity index (χ1n) is 8.83. The van der Waals surface area contributed by atoms with Crippen molar-refractivity contribution in [1.82, 2.24) is 14.5 Å². The van der Waals surface area contributed by atoms with Crippen molar-refractivity contribution in [2.24, 2.45) is 0 Å². The van der Waals surface area contributed by atoms with Crippen LogP contribution in [0.4, 0.5) is 0 Å². The topological polar surface area (TPSA) is 43.9 Å². The van der Waals surface area contributed by atoms with Gasteiger partial charge in [0.25, 0.3) is 0 Å². The normalized spacial score (nSPS) is 13.1. The van der Waals surface area contributed by atoms with E-state index in [-0.39, 0.29) is 0 Å². The van der Waals surface area contributed by atoms with Crippen LogP contribution in [-0.2, 0) is 12.8 Å². The molecule has 1 aliphatic heterocycles. The zero-order chi connectivity index (χ0) is 17.1. The van der Waals surface area contributed by atoms with E-state index in [1.165, 1.54) is 11.3 Å². The van der Waals surface area contributed by atoms with E-state index in [1.54, 1.807) is 0 Å². The Balaban J connectivity index is 1.70. The van der Waals surface area contributed by atoms with Gasteiger partial charge in [-0.1, -0.05) is 30.3 Å². The fourth-order valence-electron chi connectivity index (χ4n) is 3.98. The first-order chi connectivity index (χ1) is 12.9. The zero-order valence-corrected chi connectivity index (χ0v) is 14.0. The lowest BCUT2D eigenvalue weighted by molar-refractivity contribution is 0.631. The summed E-state index contributed by atoms with van der Waals surface area (Å²) in [6.07, 6.45) is 3.76. The van der Waals surface area contributed by atoms with Gasteiger partial charge in [-0.15, -0.1) is 0 Å². The molecule has 2 aromatic carbocycles. The van der Waals surface area contributed by atoms with Crippen LogP contribution < -0.4 is 0 Å². The largest absolute Gasteiger partial charge is 0.437 e. The minimum atomic E-state index is 0.825. The van der Waals surface area contributed by atoms with Gasteiger partial charge in [0.05, 0.1) is 11.4 Å². The maximum Gasteiger partial charge on any atom is 0.232 e. The van der Waals surface area contributed by atoms with Crippen molar-refractivity contribution in [2.45, 2.75) is 12.8 Å². The van der Waals surface area contributed by atoms with Gasteiger partial charge in [0.15, 0.2) is 0 Å². The molecule has 0 amide bonds. The number of aromatic nitrogens is 3. The van der Waals surface area contributed by atoms with Gasteiger partial charge in [-0.05, 0) is 42.3 Å². The quantitative estimate of drug-likeness (QED) is 0.435. The highest BCUT2D eigenvalue weighted by molar-refractivity contribution is 6.07. The number of nitrogens with zero attached hydrogens (tertiary/aromatic N) is 3. The highest BCUT2D eigenvalue weighted by atomic mass is 16.3. The number of furan rings is 1. The molecule has 26 heavy (non-hydrogen) atoms. The molecule has 0 unspecified atom stereocenters. The van der Waals surface area contributed by atoms with E-state index in [9.17, 15) is 0 Å². The summed E-state index contributed by atoms with van der Waals surface area (Å²) in [6.45, 7) is 0. The molecule has 124 valence electrons. The minimum Gasteiger partial charge on any atom is -0.437 e. The molecule has 0 fully saturated rings. The molecule has 4 heterocycles. The number of para-hydroxylation sites is 2. The smallest absolute Gasteiger partial charge is 0.232 e. The zero-order valence-electron chi connectivity index (χ0n) is 14.0. The van der Waals surface area contributed by atoms with Gasteiger partial charge in [-0.25, -0.2) is 4.98 Å². The Morgan fingerprint density at radius 3 is 2.73 bits per heavy atom. The summed E-state index contributed by atoms with van der Waals surface area (Å²) in [4.78, 5) is 9.41. The Hall–Kier alpha value is -3.40. The lowest BCUT2D eigenvalue weighted by Gasteiger charge is -2.17. The molecular weight excluding hydrogens is 322 g/mol. The Bertz CT molecular complexity index is 1280. The van der Waals surface area contributed by atoms with Crippen molar-refractivity contribution in [3.63, 3.8) is 0 Å². The van der Waals surface area contributed by atoms with Crippen molar-refractivity contribution in [1.29, 1.82) is 0 Å². The SMILES string of the molecule is c1ccc(-c2cccc3c2oc2c3nc3n2-c2ccccc2CC3)nc1. The Labute approximate surface area is 149 Å². The third-order valence-electron chi connectivity index (χ3n) is 5.16. The van der Waals surface area contributed by atoms with E-state index >= 15 is 0 Å². The van der Waals surface area contributed by atoms with Crippen LogP contribution in [-0.4, -0.2) is 14.5 Å². The standard InChI is InChI=1S/C22H15N3O/c1-2-10-18-14(6-1)11-12-19-24-20-16-8-5-7-15(17-9-3-4-13-23-17)21(16)26-22(20)25(18)19/h1-10,13H,11-12H2. The lowest BCUT2D eigenvalue weighted by atomic mass is 10.0. The molecule has 0 bridgehead atoms. The summed E-state index contributed by atoms with van der Waals surface area (Å²) in [5.41, 5.74) is 7.03. The fraction of sp³-hybridized carbons (Fsp3) is 0.0909. The number of hydrogen-bond acceptors (Lipinski definition) is 3. The molecule has 5 aromatic rings. The maximum atomic E-state index is 6.39. The molecule has 0 saturated carbocycles. The van der Waals surface area contributed by atoms with Crippen LogP contribution in [0.1, 0.15) is 11.4 Å². The van der Waals surface area contributed by atoms with Gasteiger partial charge in [0.2, 0.25) is 5.71 Å². The number of rotatable bonds is 1. The van der Waals surface area contributed by atoms with Crippen molar-refractivity contribution in [3.8, 4) is 16.9 Å². The summed E-state index contributed by atoms with van der Waals surface area (Å²) >= 11 is 0. The molecule has 0 spiro atoms. The van der Waals surface area contributed by atoms with Crippen LogP contribution in [0.2, 0.25) is 0 Å². The summed E-state index contributed by atoms with van der Waals surface area (Å²) in [5.74, 6) is 1.07. The van der Waals surface area contributed by atoms with E-state index in [4.69, 9.17) is 9.40 Å². The molecule has 0 saturated heterocycles.